The van der Waals surface area contributed by atoms with Crippen LogP contribution in [0.4, 0.5) is 5.82 Å². The van der Waals surface area contributed by atoms with Crippen molar-refractivity contribution in [3.63, 3.8) is 0 Å². The van der Waals surface area contributed by atoms with Gasteiger partial charge in [-0.05, 0) is 19.1 Å². The van der Waals surface area contributed by atoms with Crippen molar-refractivity contribution in [1.29, 1.82) is 0 Å². The van der Waals surface area contributed by atoms with E-state index in [0.717, 1.165) is 0 Å². The summed E-state index contributed by atoms with van der Waals surface area (Å²) in [5.41, 5.74) is 0.862. The van der Waals surface area contributed by atoms with Crippen LogP contribution in [-0.4, -0.2) is 73.0 Å². The summed E-state index contributed by atoms with van der Waals surface area (Å²) in [6.45, 7) is 1.75. The van der Waals surface area contributed by atoms with Crippen LogP contribution < -0.4 is 19.5 Å². The molecule has 12 nitrogen and oxygen atoms in total. The number of amidine groups is 1. The number of hydrogen-bond donors (Lipinski definition) is 1. The van der Waals surface area contributed by atoms with E-state index in [1.807, 2.05) is 0 Å². The number of aromatic nitrogens is 2. The summed E-state index contributed by atoms with van der Waals surface area (Å²) in [4.78, 5) is 33.9. The summed E-state index contributed by atoms with van der Waals surface area (Å²) < 4.78 is 17.2. The van der Waals surface area contributed by atoms with Gasteiger partial charge >= 0.3 is 0 Å². The van der Waals surface area contributed by atoms with Crippen LogP contribution in [0.25, 0.3) is 0 Å². The largest absolute Gasteiger partial charge is 0.493 e. The van der Waals surface area contributed by atoms with Gasteiger partial charge in [-0.3, -0.25) is 14.6 Å². The first-order chi connectivity index (χ1) is 15.4. The van der Waals surface area contributed by atoms with Gasteiger partial charge in [0.1, 0.15) is 17.6 Å². The van der Waals surface area contributed by atoms with Crippen molar-refractivity contribution in [3.05, 3.63) is 29.5 Å². The number of benzene rings is 1. The smallest absolute Gasteiger partial charge is 0.265 e. The van der Waals surface area contributed by atoms with Crippen LogP contribution in [-0.2, 0) is 4.79 Å². The lowest BCUT2D eigenvalue weighted by Crippen LogP contribution is -2.35. The van der Waals surface area contributed by atoms with E-state index in [1.165, 1.54) is 49.4 Å². The third-order valence-corrected chi connectivity index (χ3v) is 4.88. The van der Waals surface area contributed by atoms with E-state index in [9.17, 15) is 9.59 Å². The number of carbonyl (C=O) groups excluding carboxylic acids is 2. The van der Waals surface area contributed by atoms with Gasteiger partial charge in [-0.25, -0.2) is 0 Å². The molecule has 3 heterocycles. The van der Waals surface area contributed by atoms with E-state index >= 15 is 0 Å². The number of rotatable bonds is 5. The molecular weight excluding hydrogens is 418 g/mol. The molecule has 0 aliphatic carbocycles. The predicted molar refractivity (Wildman–Crippen MR) is 116 cm³/mol. The van der Waals surface area contributed by atoms with E-state index < -0.39 is 17.7 Å². The fraction of sp³-hybridized carbons (Fsp3) is 0.300. The summed E-state index contributed by atoms with van der Waals surface area (Å²) in [7, 11) is 6.09. The number of nitrogens with one attached hydrogen (secondary N) is 1. The molecule has 1 aromatic heterocycles. The number of hydrogen-bond acceptors (Lipinski definition) is 9. The molecule has 12 heteroatoms. The zero-order chi connectivity index (χ0) is 23.0. The molecular formula is C20H21N7O5. The number of fused-ring (bicyclic) bond motifs is 1. The van der Waals surface area contributed by atoms with Gasteiger partial charge in [-0.1, -0.05) is 0 Å². The number of methoxy groups -OCH3 is 3. The lowest BCUT2D eigenvalue weighted by molar-refractivity contribution is -0.118. The number of ether oxygens (including phenoxy) is 3. The Balaban J connectivity index is 1.67. The van der Waals surface area contributed by atoms with E-state index in [4.69, 9.17) is 14.2 Å². The first-order valence-corrected chi connectivity index (χ1v) is 9.53. The van der Waals surface area contributed by atoms with Crippen molar-refractivity contribution in [2.24, 2.45) is 21.0 Å². The fourth-order valence-electron chi connectivity index (χ4n) is 3.34. The summed E-state index contributed by atoms with van der Waals surface area (Å²) in [5.74, 6) is 0.331. The second kappa shape index (κ2) is 8.13. The second-order valence-electron chi connectivity index (χ2n) is 6.94. The normalized spacial score (nSPS) is 17.0. The summed E-state index contributed by atoms with van der Waals surface area (Å²) in [5, 5.41) is 12.7. The van der Waals surface area contributed by atoms with E-state index in [0.29, 0.717) is 28.8 Å². The standard InChI is InChI=1S/C20H21N7O5/c1-10-6-15(22-18(28)11-7-13(30-3)16(32-5)14(8-11)31-4)27(25-10)20-23-17-12(19(29)24-20)9-21-26(17)2/h6-9,12H,1-5H3,(H,22,28). The molecule has 1 aromatic carbocycles. The monoisotopic (exact) mass is 439 g/mol. The lowest BCUT2D eigenvalue weighted by atomic mass is 10.1. The first-order valence-electron chi connectivity index (χ1n) is 9.53. The maximum Gasteiger partial charge on any atom is 0.265 e. The van der Waals surface area contributed by atoms with Crippen molar-refractivity contribution in [1.82, 2.24) is 14.8 Å². The van der Waals surface area contributed by atoms with E-state index in [2.05, 4.69) is 25.5 Å². The lowest BCUT2D eigenvalue weighted by Gasteiger charge is -2.17. The zero-order valence-electron chi connectivity index (χ0n) is 18.1. The maximum absolute atomic E-state index is 13.0. The van der Waals surface area contributed by atoms with Crippen LogP contribution >= 0.6 is 0 Å². The summed E-state index contributed by atoms with van der Waals surface area (Å²) in [6.07, 6.45) is 1.49. The van der Waals surface area contributed by atoms with Crippen LogP contribution in [0.5, 0.6) is 17.2 Å². The molecule has 0 spiro atoms. The Morgan fingerprint density at radius 2 is 1.75 bits per heavy atom. The number of aliphatic imine (C=N–C) groups is 2. The average molecular weight is 439 g/mol. The Morgan fingerprint density at radius 3 is 2.38 bits per heavy atom. The highest BCUT2D eigenvalue weighted by molar-refractivity contribution is 6.24. The number of anilines is 1. The molecule has 0 saturated heterocycles. The number of nitrogens with zero attached hydrogens (tertiary/aromatic N) is 6. The molecule has 2 amide bonds. The Kier molecular flexibility index (Phi) is 5.34. The summed E-state index contributed by atoms with van der Waals surface area (Å²) >= 11 is 0. The maximum atomic E-state index is 13.0. The number of amides is 2. The van der Waals surface area contributed by atoms with Gasteiger partial charge in [-0.2, -0.15) is 24.9 Å². The highest BCUT2D eigenvalue weighted by Gasteiger charge is 2.35. The minimum atomic E-state index is -0.613. The van der Waals surface area contributed by atoms with Crippen molar-refractivity contribution in [2.75, 3.05) is 33.7 Å². The third kappa shape index (κ3) is 3.55. The van der Waals surface area contributed by atoms with Gasteiger partial charge in [-0.15, -0.1) is 0 Å². The number of carbonyl (C=O) groups is 2. The average Bonchev–Trinajstić information content (AvgIpc) is 3.34. The molecule has 2 aromatic rings. The third-order valence-electron chi connectivity index (χ3n) is 4.88. The molecule has 0 bridgehead atoms. The van der Waals surface area contributed by atoms with Gasteiger partial charge in [0.2, 0.25) is 5.75 Å². The van der Waals surface area contributed by atoms with Crippen molar-refractivity contribution < 1.29 is 23.8 Å². The van der Waals surface area contributed by atoms with Crippen molar-refractivity contribution in [3.8, 4) is 17.2 Å². The number of hydrazone groups is 1. The SMILES string of the molecule is COc1cc(C(=O)Nc2cc(C)nn2C2=NC(=O)C3C=NN(C)C3=N2)cc(OC)c1OC. The molecule has 166 valence electrons. The van der Waals surface area contributed by atoms with Crippen LogP contribution in [0.15, 0.2) is 33.3 Å². The van der Waals surface area contributed by atoms with Gasteiger partial charge < -0.3 is 19.5 Å². The molecule has 2 aliphatic heterocycles. The fourth-order valence-corrected chi connectivity index (χ4v) is 3.34. The predicted octanol–water partition coefficient (Wildman–Crippen LogP) is 1.16. The van der Waals surface area contributed by atoms with E-state index in [-0.39, 0.29) is 17.3 Å². The van der Waals surface area contributed by atoms with Gasteiger partial charge in [0.15, 0.2) is 11.5 Å². The Labute approximate surface area is 183 Å². The molecule has 0 radical (unpaired) electrons. The highest BCUT2D eigenvalue weighted by Crippen LogP contribution is 2.38. The minimum Gasteiger partial charge on any atom is -0.493 e. The second-order valence-corrected chi connectivity index (χ2v) is 6.94. The molecule has 0 saturated carbocycles. The van der Waals surface area contributed by atoms with Crippen LogP contribution in [0, 0.1) is 12.8 Å². The highest BCUT2D eigenvalue weighted by atomic mass is 16.5. The van der Waals surface area contributed by atoms with Gasteiger partial charge in [0, 0.05) is 24.9 Å². The van der Waals surface area contributed by atoms with Crippen LogP contribution in [0.2, 0.25) is 0 Å². The van der Waals surface area contributed by atoms with E-state index in [1.54, 1.807) is 20.0 Å². The molecule has 4 rings (SSSR count). The Bertz CT molecular complexity index is 1170. The number of aryl methyl sites for hydroxylation is 1. The molecule has 32 heavy (non-hydrogen) atoms. The molecule has 1 atom stereocenters. The van der Waals surface area contributed by atoms with Crippen molar-refractivity contribution in [2.45, 2.75) is 6.92 Å². The summed E-state index contributed by atoms with van der Waals surface area (Å²) in [6, 6.07) is 4.70. The topological polar surface area (TPSA) is 132 Å². The Morgan fingerprint density at radius 1 is 1.06 bits per heavy atom. The molecule has 1 N–H and O–H groups in total. The molecule has 2 aliphatic rings. The van der Waals surface area contributed by atoms with Crippen molar-refractivity contribution >= 4 is 35.6 Å². The first kappa shape index (κ1) is 21.0. The Hall–Kier alpha value is -4.22. The van der Waals surface area contributed by atoms with Crippen LogP contribution in [0.1, 0.15) is 16.1 Å². The van der Waals surface area contributed by atoms with Gasteiger partial charge in [0.05, 0.1) is 27.0 Å². The van der Waals surface area contributed by atoms with Gasteiger partial charge in [0.25, 0.3) is 17.8 Å². The molecule has 1 unspecified atom stereocenters. The molecule has 0 fully saturated rings. The quantitative estimate of drug-likeness (QED) is 0.739. The van der Waals surface area contributed by atoms with Crippen LogP contribution in [0.3, 0.4) is 0 Å². The zero-order valence-corrected chi connectivity index (χ0v) is 18.1. The minimum absolute atomic E-state index is 0.0342.